The molecule has 0 spiro atoms. The van der Waals surface area contributed by atoms with E-state index < -0.39 is 6.11 Å². The summed E-state index contributed by atoms with van der Waals surface area (Å²) in [5.41, 5.74) is 0. The second-order valence-corrected chi connectivity index (χ2v) is 3.89. The van der Waals surface area contributed by atoms with Crippen LogP contribution >= 0.6 is 0 Å². The van der Waals surface area contributed by atoms with Crippen LogP contribution < -0.4 is 0 Å². The van der Waals surface area contributed by atoms with E-state index in [0.717, 1.165) is 19.9 Å². The molecule has 1 aliphatic heterocycles. The Balaban J connectivity index is 2.23. The zero-order chi connectivity index (χ0) is 10.1. The van der Waals surface area contributed by atoms with Crippen molar-refractivity contribution in [2.75, 3.05) is 13.2 Å². The third-order valence-corrected chi connectivity index (χ3v) is 2.38. The van der Waals surface area contributed by atoms with Gasteiger partial charge in [0.1, 0.15) is 0 Å². The highest BCUT2D eigenvalue weighted by molar-refractivity contribution is 4.84. The highest BCUT2D eigenvalue weighted by atomic mass is 19.3. The molecular formula is C9H17F2NO. The number of likely N-dealkylation sites (tertiary alicyclic amines) is 1. The van der Waals surface area contributed by atoms with E-state index in [1.54, 1.807) is 0 Å². The SMILES string of the molecule is CC(C)N1CCC1COC(C)(F)F. The number of hydrogen-bond acceptors (Lipinski definition) is 2. The van der Waals surface area contributed by atoms with Gasteiger partial charge in [-0.2, -0.15) is 8.78 Å². The minimum Gasteiger partial charge on any atom is -0.319 e. The summed E-state index contributed by atoms with van der Waals surface area (Å²) in [7, 11) is 0. The van der Waals surface area contributed by atoms with Gasteiger partial charge in [-0.3, -0.25) is 4.90 Å². The van der Waals surface area contributed by atoms with Gasteiger partial charge in [0.05, 0.1) is 6.61 Å². The van der Waals surface area contributed by atoms with Gasteiger partial charge in [0.15, 0.2) is 0 Å². The van der Waals surface area contributed by atoms with Crippen LogP contribution in [0.1, 0.15) is 27.2 Å². The lowest BCUT2D eigenvalue weighted by Crippen LogP contribution is -2.54. The maximum atomic E-state index is 12.3. The van der Waals surface area contributed by atoms with E-state index in [4.69, 9.17) is 0 Å². The van der Waals surface area contributed by atoms with E-state index in [-0.39, 0.29) is 12.6 Å². The van der Waals surface area contributed by atoms with Crippen LogP contribution in [0.3, 0.4) is 0 Å². The summed E-state index contributed by atoms with van der Waals surface area (Å²) in [6.45, 7) is 6.06. The second kappa shape index (κ2) is 3.88. The Morgan fingerprint density at radius 1 is 1.54 bits per heavy atom. The first-order valence-corrected chi connectivity index (χ1v) is 4.67. The Hall–Kier alpha value is -0.220. The number of alkyl halides is 2. The molecule has 0 bridgehead atoms. The van der Waals surface area contributed by atoms with Crippen LogP contribution in [-0.4, -0.2) is 36.2 Å². The van der Waals surface area contributed by atoms with Crippen molar-refractivity contribution >= 4 is 0 Å². The summed E-state index contributed by atoms with van der Waals surface area (Å²) in [6, 6.07) is 0.610. The molecule has 78 valence electrons. The fourth-order valence-corrected chi connectivity index (χ4v) is 1.56. The first-order chi connectivity index (χ1) is 5.90. The Morgan fingerprint density at radius 3 is 2.46 bits per heavy atom. The molecule has 13 heavy (non-hydrogen) atoms. The Labute approximate surface area is 77.9 Å². The molecule has 1 fully saturated rings. The Bertz CT molecular complexity index is 167. The predicted molar refractivity (Wildman–Crippen MR) is 46.8 cm³/mol. The first-order valence-electron chi connectivity index (χ1n) is 4.67. The average molecular weight is 193 g/mol. The van der Waals surface area contributed by atoms with E-state index in [2.05, 4.69) is 23.5 Å². The van der Waals surface area contributed by atoms with E-state index in [1.807, 2.05) is 0 Å². The van der Waals surface area contributed by atoms with Gasteiger partial charge in [0.25, 0.3) is 0 Å². The predicted octanol–water partition coefficient (Wildman–Crippen LogP) is 2.10. The molecule has 1 aliphatic rings. The third-order valence-electron chi connectivity index (χ3n) is 2.38. The molecule has 1 heterocycles. The lowest BCUT2D eigenvalue weighted by molar-refractivity contribution is -0.236. The molecule has 0 aromatic heterocycles. The van der Waals surface area contributed by atoms with Gasteiger partial charge in [-0.15, -0.1) is 0 Å². The zero-order valence-electron chi connectivity index (χ0n) is 8.39. The Morgan fingerprint density at radius 2 is 2.15 bits per heavy atom. The summed E-state index contributed by atoms with van der Waals surface area (Å²) in [5.74, 6) is 0. The maximum Gasteiger partial charge on any atom is 0.352 e. The zero-order valence-corrected chi connectivity index (χ0v) is 8.39. The van der Waals surface area contributed by atoms with Crippen molar-refractivity contribution in [1.29, 1.82) is 0 Å². The molecule has 1 unspecified atom stereocenters. The van der Waals surface area contributed by atoms with Crippen molar-refractivity contribution in [3.8, 4) is 0 Å². The Kier molecular flexibility index (Phi) is 3.24. The summed E-state index contributed by atoms with van der Waals surface area (Å²) >= 11 is 0. The molecule has 0 saturated carbocycles. The van der Waals surface area contributed by atoms with Gasteiger partial charge in [0, 0.05) is 25.6 Å². The second-order valence-electron chi connectivity index (χ2n) is 3.89. The van der Waals surface area contributed by atoms with E-state index in [9.17, 15) is 8.78 Å². The van der Waals surface area contributed by atoms with E-state index in [1.165, 1.54) is 0 Å². The quantitative estimate of drug-likeness (QED) is 0.678. The summed E-state index contributed by atoms with van der Waals surface area (Å²) < 4.78 is 29.1. The van der Waals surface area contributed by atoms with Crippen molar-refractivity contribution in [2.45, 2.75) is 45.4 Å². The van der Waals surface area contributed by atoms with Crippen molar-refractivity contribution in [2.24, 2.45) is 0 Å². The highest BCUT2D eigenvalue weighted by Gasteiger charge is 2.33. The van der Waals surface area contributed by atoms with E-state index >= 15 is 0 Å². The van der Waals surface area contributed by atoms with Gasteiger partial charge in [-0.25, -0.2) is 0 Å². The smallest absolute Gasteiger partial charge is 0.319 e. The minimum absolute atomic E-state index is 0.141. The molecule has 0 amide bonds. The van der Waals surface area contributed by atoms with Gasteiger partial charge in [-0.05, 0) is 20.3 Å². The average Bonchev–Trinajstić information content (AvgIpc) is 1.79. The normalized spacial score (nSPS) is 24.9. The summed E-state index contributed by atoms with van der Waals surface area (Å²) in [4.78, 5) is 2.17. The molecule has 1 atom stereocenters. The fraction of sp³-hybridized carbons (Fsp3) is 1.00. The van der Waals surface area contributed by atoms with Crippen LogP contribution in [0, 0.1) is 0 Å². The molecule has 0 radical (unpaired) electrons. The topological polar surface area (TPSA) is 12.5 Å². The van der Waals surface area contributed by atoms with Crippen LogP contribution in [0.2, 0.25) is 0 Å². The van der Waals surface area contributed by atoms with Gasteiger partial charge >= 0.3 is 6.11 Å². The van der Waals surface area contributed by atoms with Crippen molar-refractivity contribution in [1.82, 2.24) is 4.90 Å². The number of nitrogens with zero attached hydrogens (tertiary/aromatic N) is 1. The summed E-state index contributed by atoms with van der Waals surface area (Å²) in [6.07, 6.45) is -2.02. The molecule has 0 N–H and O–H groups in total. The van der Waals surface area contributed by atoms with Crippen molar-refractivity contribution < 1.29 is 13.5 Å². The molecule has 0 aromatic rings. The van der Waals surface area contributed by atoms with Gasteiger partial charge in [-0.1, -0.05) is 0 Å². The van der Waals surface area contributed by atoms with Crippen LogP contribution in [0.15, 0.2) is 0 Å². The van der Waals surface area contributed by atoms with Crippen LogP contribution in [0.4, 0.5) is 8.78 Å². The molecule has 0 aliphatic carbocycles. The molecule has 1 saturated heterocycles. The molecule has 2 nitrogen and oxygen atoms in total. The van der Waals surface area contributed by atoms with E-state index in [0.29, 0.717) is 6.04 Å². The highest BCUT2D eigenvalue weighted by Crippen LogP contribution is 2.23. The molecule has 1 rings (SSSR count). The number of rotatable bonds is 4. The lowest BCUT2D eigenvalue weighted by atomic mass is 10.0. The lowest BCUT2D eigenvalue weighted by Gasteiger charge is -2.43. The van der Waals surface area contributed by atoms with Crippen molar-refractivity contribution in [3.05, 3.63) is 0 Å². The fourth-order valence-electron chi connectivity index (χ4n) is 1.56. The first kappa shape index (κ1) is 10.9. The third kappa shape index (κ3) is 3.19. The van der Waals surface area contributed by atoms with Crippen LogP contribution in [-0.2, 0) is 4.74 Å². The number of hydrogen-bond donors (Lipinski definition) is 0. The molecule has 0 aromatic carbocycles. The molecular weight excluding hydrogens is 176 g/mol. The maximum absolute atomic E-state index is 12.3. The van der Waals surface area contributed by atoms with Gasteiger partial charge in [0.2, 0.25) is 0 Å². The standard InChI is InChI=1S/C9H17F2NO/c1-7(2)12-5-4-8(12)6-13-9(3,10)11/h7-8H,4-6H2,1-3H3. The minimum atomic E-state index is -2.99. The molecule has 4 heteroatoms. The monoisotopic (exact) mass is 193 g/mol. The summed E-state index contributed by atoms with van der Waals surface area (Å²) in [5, 5.41) is 0. The van der Waals surface area contributed by atoms with Crippen LogP contribution in [0.5, 0.6) is 0 Å². The van der Waals surface area contributed by atoms with Gasteiger partial charge < -0.3 is 4.74 Å². The van der Waals surface area contributed by atoms with Crippen LogP contribution in [0.25, 0.3) is 0 Å². The largest absolute Gasteiger partial charge is 0.352 e. The van der Waals surface area contributed by atoms with Crippen molar-refractivity contribution in [3.63, 3.8) is 0 Å². The number of ether oxygens (including phenoxy) is 1. The number of halogens is 2.